The maximum Gasteiger partial charge on any atom is 0.257 e. The van der Waals surface area contributed by atoms with E-state index in [0.717, 1.165) is 10.4 Å². The molecule has 0 radical (unpaired) electrons. The highest BCUT2D eigenvalue weighted by atomic mass is 32.1. The van der Waals surface area contributed by atoms with Crippen molar-refractivity contribution in [1.29, 1.82) is 0 Å². The van der Waals surface area contributed by atoms with E-state index in [1.807, 2.05) is 75.5 Å². The molecule has 0 spiro atoms. The van der Waals surface area contributed by atoms with Crippen molar-refractivity contribution < 1.29 is 24.3 Å². The molecular weight excluding hydrogens is 530 g/mol. The molecule has 2 rings (SSSR count). The first-order chi connectivity index (χ1) is 18.9. The fourth-order valence-corrected chi connectivity index (χ4v) is 4.97. The standard InChI is InChI=1S/C29H43N5O5S/c1-18(2)26(30-20(5)35)28(38)32-24(15-22-11-8-7-9-12-22)25(37)17-34(16-23-13-10-14-40-23)33-29(39)27(19(3)4)31-21(6)36/h7-14,18-19,24-27,37H,15-17H2,1-6H3,(H,30,35)(H,31,36)(H,32,38)(H,33,39)/t24?,25?,26-,27-/m0/s1. The van der Waals surface area contributed by atoms with E-state index in [0.29, 0.717) is 13.0 Å². The second-order valence-electron chi connectivity index (χ2n) is 10.7. The highest BCUT2D eigenvalue weighted by molar-refractivity contribution is 7.09. The van der Waals surface area contributed by atoms with E-state index in [1.165, 1.54) is 25.2 Å². The van der Waals surface area contributed by atoms with Gasteiger partial charge in [0.25, 0.3) is 5.91 Å². The Balaban J connectivity index is 2.30. The van der Waals surface area contributed by atoms with Gasteiger partial charge in [0.15, 0.2) is 0 Å². The number of hydrogen-bond donors (Lipinski definition) is 5. The van der Waals surface area contributed by atoms with Crippen molar-refractivity contribution in [1.82, 2.24) is 26.4 Å². The van der Waals surface area contributed by atoms with Crippen LogP contribution in [0, 0.1) is 11.8 Å². The quantitative estimate of drug-likeness (QED) is 0.207. The first kappa shape index (κ1) is 32.9. The number of nitrogens with zero attached hydrogens (tertiary/aromatic N) is 1. The minimum atomic E-state index is -1.09. The molecular formula is C29H43N5O5S. The predicted molar refractivity (Wildman–Crippen MR) is 156 cm³/mol. The summed E-state index contributed by atoms with van der Waals surface area (Å²) < 4.78 is 0. The molecule has 5 N–H and O–H groups in total. The van der Waals surface area contributed by atoms with Crippen LogP contribution in [0.3, 0.4) is 0 Å². The van der Waals surface area contributed by atoms with Crippen molar-refractivity contribution >= 4 is 35.0 Å². The molecule has 0 bridgehead atoms. The molecule has 0 aliphatic carbocycles. The molecule has 0 aliphatic heterocycles. The Morgan fingerprint density at radius 2 is 1.40 bits per heavy atom. The maximum absolute atomic E-state index is 13.3. The normalized spacial score (nSPS) is 14.3. The van der Waals surface area contributed by atoms with Crippen molar-refractivity contribution in [3.63, 3.8) is 0 Å². The molecule has 1 aromatic carbocycles. The van der Waals surface area contributed by atoms with Gasteiger partial charge in [-0.15, -0.1) is 11.3 Å². The minimum absolute atomic E-state index is 0.00120. The Morgan fingerprint density at radius 1 is 0.825 bits per heavy atom. The number of hydrogen-bond acceptors (Lipinski definition) is 7. The van der Waals surface area contributed by atoms with Gasteiger partial charge in [-0.2, -0.15) is 0 Å². The fourth-order valence-electron chi connectivity index (χ4n) is 4.25. The van der Waals surface area contributed by atoms with Gasteiger partial charge in [0.1, 0.15) is 12.1 Å². The van der Waals surface area contributed by atoms with Crippen LogP contribution >= 0.6 is 11.3 Å². The van der Waals surface area contributed by atoms with Gasteiger partial charge in [0.2, 0.25) is 17.7 Å². The van der Waals surface area contributed by atoms with Crippen LogP contribution in [0.15, 0.2) is 47.8 Å². The number of rotatable bonds is 15. The first-order valence-electron chi connectivity index (χ1n) is 13.5. The summed E-state index contributed by atoms with van der Waals surface area (Å²) in [7, 11) is 0. The SMILES string of the molecule is CC(=O)N[C@H](C(=O)NC(Cc1ccccc1)C(O)CN(Cc1cccs1)NC(=O)[C@@H](NC(C)=O)C(C)C)C(C)C. The molecule has 0 saturated carbocycles. The van der Waals surface area contributed by atoms with Crippen LogP contribution in [-0.4, -0.2) is 64.5 Å². The molecule has 220 valence electrons. The first-order valence-corrected chi connectivity index (χ1v) is 14.4. The van der Waals surface area contributed by atoms with E-state index < -0.39 is 36.0 Å². The third-order valence-electron chi connectivity index (χ3n) is 6.31. The Morgan fingerprint density at radius 3 is 1.90 bits per heavy atom. The zero-order valence-corrected chi connectivity index (χ0v) is 25.0. The summed E-state index contributed by atoms with van der Waals surface area (Å²) in [5.41, 5.74) is 3.78. The van der Waals surface area contributed by atoms with E-state index in [-0.39, 0.29) is 30.2 Å². The van der Waals surface area contributed by atoms with E-state index in [1.54, 1.807) is 5.01 Å². The maximum atomic E-state index is 13.3. The number of carbonyl (C=O) groups excluding carboxylic acids is 4. The largest absolute Gasteiger partial charge is 0.390 e. The molecule has 2 aromatic rings. The molecule has 4 amide bonds. The molecule has 10 nitrogen and oxygen atoms in total. The molecule has 0 aliphatic rings. The number of hydrazine groups is 1. The van der Waals surface area contributed by atoms with Gasteiger partial charge in [0.05, 0.1) is 18.7 Å². The molecule has 11 heteroatoms. The van der Waals surface area contributed by atoms with Crippen LogP contribution in [0.25, 0.3) is 0 Å². The van der Waals surface area contributed by atoms with Crippen molar-refractivity contribution in [3.8, 4) is 0 Å². The van der Waals surface area contributed by atoms with Crippen molar-refractivity contribution in [2.75, 3.05) is 6.54 Å². The van der Waals surface area contributed by atoms with Crippen LogP contribution in [0.1, 0.15) is 52.0 Å². The second kappa shape index (κ2) is 16.1. The highest BCUT2D eigenvalue weighted by Crippen LogP contribution is 2.14. The van der Waals surface area contributed by atoms with Crippen molar-refractivity contribution in [2.45, 2.75) is 78.7 Å². The van der Waals surface area contributed by atoms with Gasteiger partial charge < -0.3 is 21.1 Å². The average molecular weight is 574 g/mol. The van der Waals surface area contributed by atoms with E-state index in [9.17, 15) is 24.3 Å². The predicted octanol–water partition coefficient (Wildman–Crippen LogP) is 1.99. The van der Waals surface area contributed by atoms with E-state index in [2.05, 4.69) is 21.4 Å². The molecule has 40 heavy (non-hydrogen) atoms. The summed E-state index contributed by atoms with van der Waals surface area (Å²) in [6.45, 7) is 10.4. The summed E-state index contributed by atoms with van der Waals surface area (Å²) in [6.07, 6.45) is -0.757. The van der Waals surface area contributed by atoms with Gasteiger partial charge in [-0.1, -0.05) is 64.1 Å². The number of carbonyl (C=O) groups is 4. The molecule has 1 heterocycles. The number of benzene rings is 1. The van der Waals surface area contributed by atoms with E-state index >= 15 is 0 Å². The number of aliphatic hydroxyl groups is 1. The Kier molecular flexibility index (Phi) is 13.3. The third kappa shape index (κ3) is 11.1. The van der Waals surface area contributed by atoms with Gasteiger partial charge in [0, 0.05) is 25.3 Å². The molecule has 1 aromatic heterocycles. The molecule has 0 fully saturated rings. The van der Waals surface area contributed by atoms with Gasteiger partial charge in [-0.25, -0.2) is 5.01 Å². The number of thiophene rings is 1. The average Bonchev–Trinajstić information content (AvgIpc) is 3.38. The van der Waals surface area contributed by atoms with Gasteiger partial charge in [-0.05, 0) is 35.3 Å². The summed E-state index contributed by atoms with van der Waals surface area (Å²) in [4.78, 5) is 50.8. The Hall–Kier alpha value is -3.28. The highest BCUT2D eigenvalue weighted by Gasteiger charge is 2.31. The van der Waals surface area contributed by atoms with Crippen molar-refractivity contribution in [3.05, 3.63) is 58.3 Å². The zero-order chi connectivity index (χ0) is 29.8. The van der Waals surface area contributed by atoms with Crippen molar-refractivity contribution in [2.24, 2.45) is 11.8 Å². The van der Waals surface area contributed by atoms with Gasteiger partial charge >= 0.3 is 0 Å². The fraction of sp³-hybridized carbons (Fsp3) is 0.517. The molecule has 4 atom stereocenters. The summed E-state index contributed by atoms with van der Waals surface area (Å²) >= 11 is 1.51. The van der Waals surface area contributed by atoms with Crippen LogP contribution in [0.4, 0.5) is 0 Å². The molecule has 0 saturated heterocycles. The van der Waals surface area contributed by atoms with Crippen LogP contribution in [0.2, 0.25) is 0 Å². The lowest BCUT2D eigenvalue weighted by atomic mass is 9.98. The summed E-state index contributed by atoms with van der Waals surface area (Å²) in [6, 6.07) is 11.0. The lowest BCUT2D eigenvalue weighted by Crippen LogP contribution is -2.59. The number of aliphatic hydroxyl groups excluding tert-OH is 1. The lowest BCUT2D eigenvalue weighted by molar-refractivity contribution is -0.134. The summed E-state index contributed by atoms with van der Waals surface area (Å²) in [5.74, 6) is -1.77. The third-order valence-corrected chi connectivity index (χ3v) is 7.17. The van der Waals surface area contributed by atoms with Crippen LogP contribution < -0.4 is 21.4 Å². The van der Waals surface area contributed by atoms with Crippen LogP contribution in [-0.2, 0) is 32.1 Å². The summed E-state index contributed by atoms with van der Waals surface area (Å²) in [5, 5.41) is 23.3. The van der Waals surface area contributed by atoms with Crippen LogP contribution in [0.5, 0.6) is 0 Å². The molecule has 2 unspecified atom stereocenters. The lowest BCUT2D eigenvalue weighted by Gasteiger charge is -2.33. The monoisotopic (exact) mass is 573 g/mol. The number of nitrogens with one attached hydrogen (secondary N) is 4. The van der Waals surface area contributed by atoms with Gasteiger partial charge in [-0.3, -0.25) is 24.6 Å². The number of amides is 4. The second-order valence-corrected chi connectivity index (χ2v) is 11.7. The van der Waals surface area contributed by atoms with E-state index in [4.69, 9.17) is 0 Å². The Labute approximate surface area is 240 Å². The smallest absolute Gasteiger partial charge is 0.257 e. The minimum Gasteiger partial charge on any atom is -0.390 e. The zero-order valence-electron chi connectivity index (χ0n) is 24.1. The Bertz CT molecular complexity index is 1090. The topological polar surface area (TPSA) is 140 Å².